The number of ether oxygens (including phenoxy) is 1. The molecule has 0 aliphatic carbocycles. The normalized spacial score (nSPS) is 18.4. The van der Waals surface area contributed by atoms with Crippen molar-refractivity contribution < 1.29 is 23.5 Å². The summed E-state index contributed by atoms with van der Waals surface area (Å²) in [5.74, 6) is -0.699. The van der Waals surface area contributed by atoms with Crippen LogP contribution < -0.4 is 25.9 Å². The molecule has 3 heterocycles. The molecular weight excluding hydrogens is 445 g/mol. The summed E-state index contributed by atoms with van der Waals surface area (Å²) < 4.78 is 20.3. The minimum Gasteiger partial charge on any atom is -0.442 e. The van der Waals surface area contributed by atoms with E-state index in [4.69, 9.17) is 4.74 Å². The molecule has 2 aliphatic heterocycles. The van der Waals surface area contributed by atoms with E-state index in [2.05, 4.69) is 21.0 Å². The Bertz CT molecular complexity index is 1050. The number of nitrogens with zero attached hydrogens (tertiary/aromatic N) is 4. The highest BCUT2D eigenvalue weighted by atomic mass is 19.1. The van der Waals surface area contributed by atoms with E-state index in [1.54, 1.807) is 36.7 Å². The van der Waals surface area contributed by atoms with Gasteiger partial charge in [-0.1, -0.05) is 0 Å². The number of nitrogens with one attached hydrogen (secondary N) is 3. The average molecular weight is 471 g/mol. The molecule has 12 heteroatoms. The van der Waals surface area contributed by atoms with Crippen LogP contribution in [-0.4, -0.2) is 73.4 Å². The molecule has 1 aromatic heterocycles. The van der Waals surface area contributed by atoms with E-state index >= 15 is 4.39 Å². The van der Waals surface area contributed by atoms with Crippen molar-refractivity contribution in [2.45, 2.75) is 13.0 Å². The molecule has 1 atom stereocenters. The maximum Gasteiger partial charge on any atom is 0.414 e. The van der Waals surface area contributed by atoms with Gasteiger partial charge in [0.2, 0.25) is 5.91 Å². The number of carbonyl (C=O) groups is 3. The minimum atomic E-state index is -0.586. The summed E-state index contributed by atoms with van der Waals surface area (Å²) in [4.78, 5) is 42.9. The van der Waals surface area contributed by atoms with Crippen LogP contribution in [0.3, 0.4) is 0 Å². The zero-order chi connectivity index (χ0) is 24.1. The molecule has 0 unspecified atom stereocenters. The number of cyclic esters (lactones) is 1. The van der Waals surface area contributed by atoms with E-state index in [1.165, 1.54) is 22.9 Å². The van der Waals surface area contributed by atoms with Gasteiger partial charge in [-0.2, -0.15) is 0 Å². The predicted molar refractivity (Wildman–Crippen MR) is 123 cm³/mol. The van der Waals surface area contributed by atoms with Gasteiger partial charge in [0, 0.05) is 44.6 Å². The van der Waals surface area contributed by atoms with Gasteiger partial charge in [0.1, 0.15) is 11.9 Å². The van der Waals surface area contributed by atoms with Crippen molar-refractivity contribution in [3.05, 3.63) is 48.5 Å². The molecule has 1 aromatic carbocycles. The molecule has 11 nitrogen and oxygen atoms in total. The highest BCUT2D eigenvalue weighted by Crippen LogP contribution is 2.28. The summed E-state index contributed by atoms with van der Waals surface area (Å²) in [5, 5.41) is 6.86. The average Bonchev–Trinajstić information content (AvgIpc) is 3.02. The van der Waals surface area contributed by atoms with Crippen molar-refractivity contribution in [1.29, 1.82) is 0 Å². The Morgan fingerprint density at radius 3 is 2.74 bits per heavy atom. The number of urea groups is 1. The van der Waals surface area contributed by atoms with Crippen LogP contribution in [0.25, 0.3) is 0 Å². The van der Waals surface area contributed by atoms with E-state index in [1.807, 2.05) is 4.90 Å². The first kappa shape index (κ1) is 23.2. The number of amides is 4. The number of carbonyl (C=O) groups excluding carboxylic acids is 3. The Labute approximate surface area is 195 Å². The molecule has 2 aromatic rings. The third-order valence-electron chi connectivity index (χ3n) is 5.49. The molecule has 0 spiro atoms. The van der Waals surface area contributed by atoms with Gasteiger partial charge >= 0.3 is 12.1 Å². The van der Waals surface area contributed by atoms with Crippen molar-refractivity contribution in [1.82, 2.24) is 20.7 Å². The van der Waals surface area contributed by atoms with Crippen LogP contribution in [0.2, 0.25) is 0 Å². The summed E-state index contributed by atoms with van der Waals surface area (Å²) in [6, 6.07) is 7.64. The van der Waals surface area contributed by atoms with Crippen LogP contribution in [0.15, 0.2) is 42.7 Å². The summed E-state index contributed by atoms with van der Waals surface area (Å²) in [6.45, 7) is 3.47. The monoisotopic (exact) mass is 471 g/mol. The van der Waals surface area contributed by atoms with E-state index in [0.717, 1.165) is 0 Å². The lowest BCUT2D eigenvalue weighted by Gasteiger charge is -2.24. The van der Waals surface area contributed by atoms with Gasteiger partial charge in [-0.05, 0) is 30.3 Å². The van der Waals surface area contributed by atoms with Crippen molar-refractivity contribution >= 4 is 35.1 Å². The van der Waals surface area contributed by atoms with E-state index in [9.17, 15) is 14.4 Å². The Kier molecular flexibility index (Phi) is 7.07. The standard InChI is InChI=1S/C22H26FN7O4/c1-15(31)25-13-18-14-29(22(33)34-18)17-2-3-20(19(23)12-17)28-9-8-26-30(11-10-28)21(32)27-16-4-6-24-7-5-16/h2-7,12,18,26H,8-11,13-14H2,1H3,(H,25,31)(H,24,27,32)/t18-/m0/s1. The molecule has 2 fully saturated rings. The molecule has 4 rings (SSSR count). The first-order valence-electron chi connectivity index (χ1n) is 10.9. The van der Waals surface area contributed by atoms with Crippen molar-refractivity contribution in [2.75, 3.05) is 54.4 Å². The zero-order valence-electron chi connectivity index (χ0n) is 18.7. The van der Waals surface area contributed by atoms with Crippen LogP contribution in [0.4, 0.5) is 31.0 Å². The van der Waals surface area contributed by atoms with Gasteiger partial charge < -0.3 is 20.3 Å². The molecule has 180 valence electrons. The number of halogens is 1. The predicted octanol–water partition coefficient (Wildman–Crippen LogP) is 1.54. The third-order valence-corrected chi connectivity index (χ3v) is 5.49. The maximum atomic E-state index is 15.0. The number of anilines is 3. The van der Waals surface area contributed by atoms with Crippen LogP contribution in [-0.2, 0) is 9.53 Å². The lowest BCUT2D eigenvalue weighted by Crippen LogP contribution is -2.46. The van der Waals surface area contributed by atoms with Crippen LogP contribution in [0, 0.1) is 5.82 Å². The molecule has 2 aliphatic rings. The number of pyridine rings is 1. The number of benzene rings is 1. The largest absolute Gasteiger partial charge is 0.442 e. The van der Waals surface area contributed by atoms with Crippen LogP contribution in [0.1, 0.15) is 6.92 Å². The molecule has 2 saturated heterocycles. The molecule has 3 N–H and O–H groups in total. The zero-order valence-corrected chi connectivity index (χ0v) is 18.7. The van der Waals surface area contributed by atoms with Gasteiger partial charge in [0.15, 0.2) is 0 Å². The Morgan fingerprint density at radius 2 is 2.00 bits per heavy atom. The topological polar surface area (TPSA) is 119 Å². The second-order valence-electron chi connectivity index (χ2n) is 7.90. The number of hydrogen-bond acceptors (Lipinski definition) is 7. The first-order chi connectivity index (χ1) is 16.4. The Morgan fingerprint density at radius 1 is 1.21 bits per heavy atom. The fraction of sp³-hybridized carbons (Fsp3) is 0.364. The van der Waals surface area contributed by atoms with Crippen molar-refractivity contribution in [3.8, 4) is 0 Å². The second-order valence-corrected chi connectivity index (χ2v) is 7.90. The lowest BCUT2D eigenvalue weighted by molar-refractivity contribution is -0.119. The quantitative estimate of drug-likeness (QED) is 0.605. The van der Waals surface area contributed by atoms with Crippen LogP contribution in [0.5, 0.6) is 0 Å². The summed E-state index contributed by atoms with van der Waals surface area (Å²) in [6.07, 6.45) is 2.09. The SMILES string of the molecule is CC(=O)NC[C@H]1CN(c2ccc(N3CCNN(C(=O)Nc4ccncc4)CC3)c(F)c2)C(=O)O1. The smallest absolute Gasteiger partial charge is 0.414 e. The molecular formula is C22H26FN7O4. The highest BCUT2D eigenvalue weighted by molar-refractivity contribution is 5.90. The lowest BCUT2D eigenvalue weighted by atomic mass is 10.2. The molecule has 0 radical (unpaired) electrons. The summed E-state index contributed by atoms with van der Waals surface area (Å²) >= 11 is 0. The van der Waals surface area contributed by atoms with Crippen molar-refractivity contribution in [3.63, 3.8) is 0 Å². The number of rotatable bonds is 5. The number of hydrogen-bond donors (Lipinski definition) is 3. The Hall–Kier alpha value is -3.93. The molecule has 4 amide bonds. The van der Waals surface area contributed by atoms with Gasteiger partial charge in [0.05, 0.1) is 31.0 Å². The number of hydrazine groups is 1. The molecule has 34 heavy (non-hydrogen) atoms. The first-order valence-corrected chi connectivity index (χ1v) is 10.9. The summed E-state index contributed by atoms with van der Waals surface area (Å²) in [5.41, 5.74) is 4.44. The minimum absolute atomic E-state index is 0.199. The fourth-order valence-electron chi connectivity index (χ4n) is 3.79. The number of aromatic nitrogens is 1. The highest BCUT2D eigenvalue weighted by Gasteiger charge is 2.33. The van der Waals surface area contributed by atoms with Gasteiger partial charge in [-0.25, -0.2) is 19.4 Å². The maximum absolute atomic E-state index is 15.0. The van der Waals surface area contributed by atoms with E-state index in [0.29, 0.717) is 43.2 Å². The van der Waals surface area contributed by atoms with E-state index in [-0.39, 0.29) is 25.0 Å². The van der Waals surface area contributed by atoms with Gasteiger partial charge in [-0.15, -0.1) is 0 Å². The van der Waals surface area contributed by atoms with Gasteiger partial charge in [-0.3, -0.25) is 19.7 Å². The second kappa shape index (κ2) is 10.3. The Balaban J connectivity index is 1.37. The van der Waals surface area contributed by atoms with E-state index < -0.39 is 18.0 Å². The summed E-state index contributed by atoms with van der Waals surface area (Å²) in [7, 11) is 0. The van der Waals surface area contributed by atoms with Gasteiger partial charge in [0.25, 0.3) is 0 Å². The molecule has 0 saturated carbocycles. The fourth-order valence-corrected chi connectivity index (χ4v) is 3.79. The van der Waals surface area contributed by atoms with Crippen LogP contribution >= 0.6 is 0 Å². The van der Waals surface area contributed by atoms with Crippen molar-refractivity contribution in [2.24, 2.45) is 0 Å². The third kappa shape index (κ3) is 5.52. The molecule has 0 bridgehead atoms.